The summed E-state index contributed by atoms with van der Waals surface area (Å²) in [6.45, 7) is 2.34. The maximum atomic E-state index is 5.63. The second-order valence-electron chi connectivity index (χ2n) is 4.22. The van der Waals surface area contributed by atoms with Crippen LogP contribution in [0.5, 0.6) is 0 Å². The van der Waals surface area contributed by atoms with Crippen LogP contribution in [0.15, 0.2) is 30.3 Å². The van der Waals surface area contributed by atoms with Crippen molar-refractivity contribution < 1.29 is 23.7 Å². The molecule has 0 N–H and O–H groups in total. The van der Waals surface area contributed by atoms with Crippen LogP contribution in [0.1, 0.15) is 11.9 Å². The van der Waals surface area contributed by atoms with Crippen LogP contribution in [0.2, 0.25) is 0 Å². The normalized spacial score (nSPS) is 23.4. The monoisotopic (exact) mass is 268 g/mol. The van der Waals surface area contributed by atoms with Crippen molar-refractivity contribution in [3.8, 4) is 0 Å². The van der Waals surface area contributed by atoms with E-state index in [9.17, 15) is 0 Å². The van der Waals surface area contributed by atoms with Gasteiger partial charge < -0.3 is 23.7 Å². The number of hydrogen-bond donors (Lipinski definition) is 0. The fraction of sp³-hybridized carbons (Fsp3) is 0.571. The summed E-state index contributed by atoms with van der Waals surface area (Å²) in [5.74, 6) is 0. The molecular formula is C14H20O5. The van der Waals surface area contributed by atoms with Gasteiger partial charge in [-0.25, -0.2) is 0 Å². The number of rotatable bonds is 7. The maximum Gasteiger partial charge on any atom is 0.184 e. The van der Waals surface area contributed by atoms with Gasteiger partial charge in [0.15, 0.2) is 6.29 Å². The Morgan fingerprint density at radius 2 is 1.84 bits per heavy atom. The molecule has 2 rings (SSSR count). The molecule has 0 atom stereocenters. The Bertz CT molecular complexity index is 335. The fourth-order valence-electron chi connectivity index (χ4n) is 1.73. The molecule has 0 aromatic heterocycles. The van der Waals surface area contributed by atoms with Crippen LogP contribution < -0.4 is 0 Å². The smallest absolute Gasteiger partial charge is 0.184 e. The van der Waals surface area contributed by atoms with Crippen molar-refractivity contribution in [1.82, 2.24) is 0 Å². The Morgan fingerprint density at radius 1 is 1.11 bits per heavy atom. The molecule has 106 valence electrons. The fourth-order valence-corrected chi connectivity index (χ4v) is 1.73. The van der Waals surface area contributed by atoms with Crippen LogP contribution in [-0.4, -0.2) is 46.4 Å². The van der Waals surface area contributed by atoms with E-state index in [0.717, 1.165) is 5.56 Å². The first-order chi connectivity index (χ1) is 9.40. The zero-order chi connectivity index (χ0) is 13.3. The first-order valence-corrected chi connectivity index (χ1v) is 6.36. The molecular weight excluding hydrogens is 248 g/mol. The van der Waals surface area contributed by atoms with Gasteiger partial charge in [0.25, 0.3) is 0 Å². The van der Waals surface area contributed by atoms with Crippen LogP contribution in [0.4, 0.5) is 0 Å². The topological polar surface area (TPSA) is 46.2 Å². The van der Waals surface area contributed by atoms with Crippen LogP contribution >= 0.6 is 0 Å². The van der Waals surface area contributed by atoms with E-state index in [1.165, 1.54) is 0 Å². The van der Waals surface area contributed by atoms with Crippen LogP contribution in [0.25, 0.3) is 0 Å². The van der Waals surface area contributed by atoms with Crippen molar-refractivity contribution >= 4 is 0 Å². The minimum Gasteiger partial charge on any atom is -0.382 e. The Labute approximate surface area is 113 Å². The van der Waals surface area contributed by atoms with Crippen molar-refractivity contribution in [3.05, 3.63) is 35.9 Å². The summed E-state index contributed by atoms with van der Waals surface area (Å²) in [5, 5.41) is 0. The lowest BCUT2D eigenvalue weighted by molar-refractivity contribution is -0.245. The van der Waals surface area contributed by atoms with E-state index in [4.69, 9.17) is 23.7 Å². The van der Waals surface area contributed by atoms with Crippen molar-refractivity contribution in [3.63, 3.8) is 0 Å². The summed E-state index contributed by atoms with van der Waals surface area (Å²) in [6, 6.07) is 9.87. The van der Waals surface area contributed by atoms with E-state index in [1.807, 2.05) is 30.3 Å². The predicted octanol–water partition coefficient (Wildman–Crippen LogP) is 1.74. The van der Waals surface area contributed by atoms with Gasteiger partial charge in [0, 0.05) is 12.7 Å². The first kappa shape index (κ1) is 14.4. The van der Waals surface area contributed by atoms with Crippen LogP contribution in [0.3, 0.4) is 0 Å². The molecule has 1 fully saturated rings. The molecule has 1 saturated heterocycles. The summed E-state index contributed by atoms with van der Waals surface area (Å²) in [5.41, 5.74) is 1.03. The van der Waals surface area contributed by atoms with E-state index in [1.54, 1.807) is 7.11 Å². The van der Waals surface area contributed by atoms with Gasteiger partial charge in [-0.05, 0) is 0 Å². The molecule has 5 nitrogen and oxygen atoms in total. The molecule has 1 heterocycles. The van der Waals surface area contributed by atoms with E-state index in [-0.39, 0.29) is 19.2 Å². The van der Waals surface area contributed by atoms with E-state index >= 15 is 0 Å². The first-order valence-electron chi connectivity index (χ1n) is 6.36. The molecule has 0 bridgehead atoms. The van der Waals surface area contributed by atoms with Gasteiger partial charge >= 0.3 is 0 Å². The minimum atomic E-state index is -0.296. The van der Waals surface area contributed by atoms with E-state index < -0.39 is 0 Å². The summed E-state index contributed by atoms with van der Waals surface area (Å²) >= 11 is 0. The zero-order valence-electron chi connectivity index (χ0n) is 11.1. The summed E-state index contributed by atoms with van der Waals surface area (Å²) in [7, 11) is 1.64. The third kappa shape index (κ3) is 4.89. The second-order valence-corrected chi connectivity index (χ2v) is 4.22. The quantitative estimate of drug-likeness (QED) is 0.557. The number of benzene rings is 1. The van der Waals surface area contributed by atoms with Gasteiger partial charge in [0.05, 0.1) is 26.4 Å². The lowest BCUT2D eigenvalue weighted by Gasteiger charge is -2.29. The highest BCUT2D eigenvalue weighted by Crippen LogP contribution is 2.23. The SMILES string of the molecule is COCCOCOC1COC(c2ccccc2)OC1. The van der Waals surface area contributed by atoms with Gasteiger partial charge in [0.1, 0.15) is 12.9 Å². The maximum absolute atomic E-state index is 5.63. The number of ether oxygens (including phenoxy) is 5. The Balaban J connectivity index is 1.63. The largest absolute Gasteiger partial charge is 0.382 e. The predicted molar refractivity (Wildman–Crippen MR) is 68.7 cm³/mol. The summed E-state index contributed by atoms with van der Waals surface area (Å²) in [4.78, 5) is 0. The lowest BCUT2D eigenvalue weighted by Crippen LogP contribution is -2.34. The summed E-state index contributed by atoms with van der Waals surface area (Å²) < 4.78 is 26.8. The Morgan fingerprint density at radius 3 is 2.53 bits per heavy atom. The lowest BCUT2D eigenvalue weighted by atomic mass is 10.2. The molecule has 1 aliphatic rings. The Kier molecular flexibility index (Phi) is 6.26. The molecule has 0 aliphatic carbocycles. The molecule has 0 unspecified atom stereocenters. The van der Waals surface area contributed by atoms with Gasteiger partial charge in [-0.3, -0.25) is 0 Å². The van der Waals surface area contributed by atoms with Gasteiger partial charge in [-0.15, -0.1) is 0 Å². The van der Waals surface area contributed by atoms with Crippen LogP contribution in [-0.2, 0) is 23.7 Å². The zero-order valence-corrected chi connectivity index (χ0v) is 11.1. The van der Waals surface area contributed by atoms with E-state index in [2.05, 4.69) is 0 Å². The van der Waals surface area contributed by atoms with Crippen molar-refractivity contribution in [2.45, 2.75) is 12.4 Å². The van der Waals surface area contributed by atoms with Gasteiger partial charge in [0.2, 0.25) is 0 Å². The highest BCUT2D eigenvalue weighted by Gasteiger charge is 2.23. The van der Waals surface area contributed by atoms with Gasteiger partial charge in [-0.2, -0.15) is 0 Å². The average Bonchev–Trinajstić information content (AvgIpc) is 2.49. The molecule has 0 spiro atoms. The molecule has 1 aliphatic heterocycles. The van der Waals surface area contributed by atoms with Crippen molar-refractivity contribution in [2.75, 3.05) is 40.3 Å². The van der Waals surface area contributed by atoms with E-state index in [0.29, 0.717) is 26.4 Å². The van der Waals surface area contributed by atoms with Crippen molar-refractivity contribution in [2.24, 2.45) is 0 Å². The van der Waals surface area contributed by atoms with Crippen molar-refractivity contribution in [1.29, 1.82) is 0 Å². The molecule has 19 heavy (non-hydrogen) atoms. The average molecular weight is 268 g/mol. The third-order valence-corrected chi connectivity index (χ3v) is 2.76. The van der Waals surface area contributed by atoms with Gasteiger partial charge in [-0.1, -0.05) is 30.3 Å². The highest BCUT2D eigenvalue weighted by molar-refractivity contribution is 5.16. The summed E-state index contributed by atoms with van der Waals surface area (Å²) in [6.07, 6.45) is -0.377. The second kappa shape index (κ2) is 8.24. The molecule has 5 heteroatoms. The molecule has 0 amide bonds. The standard InChI is InChI=1S/C14H20O5/c1-15-7-8-16-11-19-13-9-17-14(18-10-13)12-5-3-2-4-6-12/h2-6,13-14H,7-11H2,1H3. The number of hydrogen-bond acceptors (Lipinski definition) is 5. The van der Waals surface area contributed by atoms with Crippen LogP contribution in [0, 0.1) is 0 Å². The molecule has 0 radical (unpaired) electrons. The minimum absolute atomic E-state index is 0.0810. The molecule has 1 aromatic rings. The third-order valence-electron chi connectivity index (χ3n) is 2.76. The molecule has 1 aromatic carbocycles. The Hall–Kier alpha value is -0.980. The molecule has 0 saturated carbocycles. The number of methoxy groups -OCH3 is 1. The highest BCUT2D eigenvalue weighted by atomic mass is 16.7.